The van der Waals surface area contributed by atoms with Crippen LogP contribution in [0.5, 0.6) is 0 Å². The molecule has 2 aromatic carbocycles. The quantitative estimate of drug-likeness (QED) is 0.298. The van der Waals surface area contributed by atoms with Gasteiger partial charge < -0.3 is 19.9 Å². The fraction of sp³-hybridized carbons (Fsp3) is 0.0455. The molecule has 8 nitrogen and oxygen atoms in total. The Kier molecular flexibility index (Phi) is 5.00. The molecular formula is C22H14FN2O6-. The minimum absolute atomic E-state index is 0.133. The van der Waals surface area contributed by atoms with Crippen molar-refractivity contribution in [1.29, 1.82) is 0 Å². The molecule has 1 N–H and O–H groups in total. The van der Waals surface area contributed by atoms with Crippen LogP contribution in [0.3, 0.4) is 0 Å². The number of fused-ring (bicyclic) bond motifs is 1. The molecule has 0 fully saturated rings. The van der Waals surface area contributed by atoms with Crippen molar-refractivity contribution in [3.8, 4) is 0 Å². The second kappa shape index (κ2) is 7.79. The number of oxazole rings is 1. The van der Waals surface area contributed by atoms with Gasteiger partial charge in [0.1, 0.15) is 11.6 Å². The Morgan fingerprint density at radius 1 is 1.03 bits per heavy atom. The molecule has 31 heavy (non-hydrogen) atoms. The number of aliphatic hydroxyl groups is 1. The Bertz CT molecular complexity index is 1350. The Labute approximate surface area is 173 Å². The van der Waals surface area contributed by atoms with Gasteiger partial charge in [0.15, 0.2) is 11.4 Å². The third-order valence-corrected chi connectivity index (χ3v) is 4.76. The Morgan fingerprint density at radius 2 is 1.68 bits per heavy atom. The summed E-state index contributed by atoms with van der Waals surface area (Å²) in [6.45, 7) is -0.266. The van der Waals surface area contributed by atoms with E-state index >= 15 is 0 Å². The van der Waals surface area contributed by atoms with Gasteiger partial charge in [0.2, 0.25) is 5.71 Å². The predicted octanol–water partition coefficient (Wildman–Crippen LogP) is 3.35. The van der Waals surface area contributed by atoms with E-state index in [0.717, 1.165) is 4.57 Å². The standard InChI is InChI=1S/C22H14FN2O6/c23-16-6-1-14(2-7-16)21(27)15-5-10-20-18(11-15)24(22(28)31-20)12-19(26)13-3-8-17(9-4-13)25(29)30/h1-11H,12H2,(H-,26,29,30)/q-1. The van der Waals surface area contributed by atoms with Crippen molar-refractivity contribution in [2.75, 3.05) is 0 Å². The minimum atomic E-state index is -0.741. The highest BCUT2D eigenvalue weighted by Crippen LogP contribution is 2.20. The van der Waals surface area contributed by atoms with Crippen molar-refractivity contribution in [2.24, 2.45) is 0 Å². The second-order valence-corrected chi connectivity index (χ2v) is 6.72. The first-order chi connectivity index (χ1) is 14.8. The van der Waals surface area contributed by atoms with E-state index in [1.807, 2.05) is 0 Å². The van der Waals surface area contributed by atoms with Crippen LogP contribution in [0.25, 0.3) is 11.1 Å². The van der Waals surface area contributed by atoms with Crippen LogP contribution >= 0.6 is 0 Å². The molecule has 0 bridgehead atoms. The van der Waals surface area contributed by atoms with Crippen molar-refractivity contribution in [3.63, 3.8) is 0 Å². The number of aromatic nitrogens is 1. The summed E-state index contributed by atoms with van der Waals surface area (Å²) in [7, 11) is 0. The summed E-state index contributed by atoms with van der Waals surface area (Å²) in [6, 6.07) is 9.48. The van der Waals surface area contributed by atoms with Gasteiger partial charge in [-0.3, -0.25) is 9.36 Å². The maximum absolute atomic E-state index is 13.1. The van der Waals surface area contributed by atoms with E-state index in [-0.39, 0.29) is 46.0 Å². The molecule has 0 radical (unpaired) electrons. The monoisotopic (exact) mass is 421 g/mol. The number of benzene rings is 2. The van der Waals surface area contributed by atoms with Crippen LogP contribution in [0, 0.1) is 16.2 Å². The lowest BCUT2D eigenvalue weighted by atomic mass is 10.0. The Balaban J connectivity index is 1.70. The molecule has 3 aromatic rings. The maximum atomic E-state index is 13.1. The molecule has 0 spiro atoms. The molecule has 0 aliphatic heterocycles. The van der Waals surface area contributed by atoms with Gasteiger partial charge in [-0.25, -0.2) is 9.18 Å². The highest BCUT2D eigenvalue weighted by Gasteiger charge is 2.16. The van der Waals surface area contributed by atoms with E-state index in [1.54, 1.807) is 0 Å². The van der Waals surface area contributed by atoms with Gasteiger partial charge >= 0.3 is 5.76 Å². The summed E-state index contributed by atoms with van der Waals surface area (Å²) >= 11 is 0. The predicted molar refractivity (Wildman–Crippen MR) is 110 cm³/mol. The molecule has 0 unspecified atom stereocenters. The largest absolute Gasteiger partial charge is 0.612 e. The van der Waals surface area contributed by atoms with Gasteiger partial charge in [0, 0.05) is 28.9 Å². The normalized spacial score (nSPS) is 13.1. The first-order valence-corrected chi connectivity index (χ1v) is 9.07. The average Bonchev–Trinajstić information content (AvgIpc) is 3.08. The third-order valence-electron chi connectivity index (χ3n) is 4.76. The van der Waals surface area contributed by atoms with E-state index in [1.165, 1.54) is 66.8 Å². The zero-order valence-corrected chi connectivity index (χ0v) is 15.8. The zero-order valence-electron chi connectivity index (χ0n) is 15.8. The lowest BCUT2D eigenvalue weighted by Gasteiger charge is -2.10. The molecule has 0 atom stereocenters. The van der Waals surface area contributed by atoms with Gasteiger partial charge in [-0.1, -0.05) is 0 Å². The minimum Gasteiger partial charge on any atom is -0.612 e. The van der Waals surface area contributed by atoms with Gasteiger partial charge in [-0.15, -0.1) is 0 Å². The molecule has 4 rings (SSSR count). The van der Waals surface area contributed by atoms with Crippen LogP contribution in [0.15, 0.2) is 87.3 Å². The first-order valence-electron chi connectivity index (χ1n) is 9.07. The second-order valence-electron chi connectivity index (χ2n) is 6.72. The lowest BCUT2D eigenvalue weighted by molar-refractivity contribution is -0.377. The highest BCUT2D eigenvalue weighted by atomic mass is 19.1. The fourth-order valence-corrected chi connectivity index (χ4v) is 3.14. The number of carbonyl (C=O) groups excluding carboxylic acids is 1. The molecule has 1 aromatic heterocycles. The summed E-state index contributed by atoms with van der Waals surface area (Å²) in [5.74, 6) is -1.79. The van der Waals surface area contributed by atoms with Crippen molar-refractivity contribution < 1.29 is 23.6 Å². The van der Waals surface area contributed by atoms with Crippen molar-refractivity contribution >= 4 is 22.6 Å². The lowest BCUT2D eigenvalue weighted by Crippen LogP contribution is -2.16. The number of nitrogens with zero attached hydrogens (tertiary/aromatic N) is 2. The summed E-state index contributed by atoms with van der Waals surface area (Å²) < 4.78 is 19.4. The van der Waals surface area contributed by atoms with E-state index in [9.17, 15) is 29.5 Å². The van der Waals surface area contributed by atoms with Gasteiger partial charge in [0.05, 0.1) is 12.1 Å². The molecule has 9 heteroatoms. The number of hydrogen-bond donors (Lipinski definition) is 1. The van der Waals surface area contributed by atoms with E-state index < -0.39 is 16.5 Å². The maximum Gasteiger partial charge on any atom is 0.420 e. The van der Waals surface area contributed by atoms with Gasteiger partial charge in [-0.05, 0) is 54.6 Å². The summed E-state index contributed by atoms with van der Waals surface area (Å²) in [4.78, 5) is 24.4. The van der Waals surface area contributed by atoms with E-state index in [0.29, 0.717) is 5.57 Å². The number of carbonyl (C=O) groups is 1. The molecule has 0 saturated carbocycles. The van der Waals surface area contributed by atoms with Crippen LogP contribution in [0.2, 0.25) is 0 Å². The number of halogens is 1. The van der Waals surface area contributed by atoms with Crippen LogP contribution in [0.1, 0.15) is 15.9 Å². The summed E-state index contributed by atoms with van der Waals surface area (Å²) in [5.41, 5.74) is 1.20. The molecule has 1 heterocycles. The molecule has 1 aliphatic carbocycles. The topological polar surface area (TPSA) is 122 Å². The van der Waals surface area contributed by atoms with E-state index in [2.05, 4.69) is 0 Å². The van der Waals surface area contributed by atoms with Crippen LogP contribution in [0.4, 0.5) is 4.39 Å². The number of rotatable bonds is 4. The highest BCUT2D eigenvalue weighted by molar-refractivity contribution is 6.10. The smallest absolute Gasteiger partial charge is 0.420 e. The van der Waals surface area contributed by atoms with Crippen molar-refractivity contribution in [3.05, 3.63) is 116 Å². The van der Waals surface area contributed by atoms with Gasteiger partial charge in [0.25, 0.3) is 0 Å². The van der Waals surface area contributed by atoms with Crippen LogP contribution in [-0.4, -0.2) is 26.1 Å². The first kappa shape index (κ1) is 19.9. The van der Waals surface area contributed by atoms with Gasteiger partial charge in [-0.2, -0.15) is 4.90 Å². The van der Waals surface area contributed by atoms with Crippen molar-refractivity contribution in [2.45, 2.75) is 6.54 Å². The molecule has 156 valence electrons. The van der Waals surface area contributed by atoms with Crippen molar-refractivity contribution in [1.82, 2.24) is 4.57 Å². The Hall–Kier alpha value is -4.40. The fourth-order valence-electron chi connectivity index (χ4n) is 3.14. The summed E-state index contributed by atoms with van der Waals surface area (Å²) in [6.07, 6.45) is 5.21. The van der Waals surface area contributed by atoms with Crippen LogP contribution in [-0.2, 0) is 6.54 Å². The number of hydrogen-bond acceptors (Lipinski definition) is 6. The average molecular weight is 421 g/mol. The molecular weight excluding hydrogens is 407 g/mol. The van der Waals surface area contributed by atoms with Crippen LogP contribution < -0.4 is 5.76 Å². The van der Waals surface area contributed by atoms with E-state index in [4.69, 9.17) is 4.42 Å². The zero-order chi connectivity index (χ0) is 22.1. The third kappa shape index (κ3) is 3.88. The molecule has 1 aliphatic rings. The summed E-state index contributed by atoms with van der Waals surface area (Å²) in [5, 5.41) is 32.0. The SMILES string of the molecule is O=C(c1ccc(F)cc1)c1ccc2oc(=O)n(CC(O)=C3C=CC(=[N+]([O-])[O-])C=C3)c2c1. The number of ketones is 1. The molecule has 0 amide bonds. The Morgan fingerprint density at radius 3 is 2.32 bits per heavy atom. The number of allylic oxidation sites excluding steroid dienone is 6. The number of aliphatic hydroxyl groups excluding tert-OH is 1. The molecule has 0 saturated heterocycles.